The van der Waals surface area contributed by atoms with E-state index in [4.69, 9.17) is 0 Å². The molecule has 0 spiro atoms. The standard InChI is InChI=1S/C6H7NO.CH4/c1-7-5-3-2-4-6(7)8;/h2-5H,1H3;1H4. The molecule has 0 bridgehead atoms. The Morgan fingerprint density at radius 3 is 2.44 bits per heavy atom. The Bertz CT molecular complexity index is 226. The van der Waals surface area contributed by atoms with Gasteiger partial charge in [0, 0.05) is 19.3 Å². The third-order valence-corrected chi connectivity index (χ3v) is 1.01. The first-order valence-corrected chi connectivity index (χ1v) is 2.42. The van der Waals surface area contributed by atoms with Crippen LogP contribution in [0.1, 0.15) is 7.43 Å². The summed E-state index contributed by atoms with van der Waals surface area (Å²) in [6.07, 6.45) is 1.72. The minimum absolute atomic E-state index is 0. The molecule has 1 aromatic rings. The van der Waals surface area contributed by atoms with Crippen molar-refractivity contribution in [1.82, 2.24) is 4.57 Å². The molecule has 0 saturated heterocycles. The number of hydrogen-bond acceptors (Lipinski definition) is 1. The Hall–Kier alpha value is -1.05. The van der Waals surface area contributed by atoms with Crippen LogP contribution in [0.5, 0.6) is 0 Å². The number of rotatable bonds is 0. The summed E-state index contributed by atoms with van der Waals surface area (Å²) < 4.78 is 1.53. The highest BCUT2D eigenvalue weighted by Gasteiger charge is 1.79. The van der Waals surface area contributed by atoms with Gasteiger partial charge >= 0.3 is 0 Å². The lowest BCUT2D eigenvalue weighted by atomic mass is 10.5. The molecule has 0 aliphatic heterocycles. The van der Waals surface area contributed by atoms with E-state index in [1.54, 1.807) is 19.3 Å². The topological polar surface area (TPSA) is 22.0 Å². The zero-order valence-electron chi connectivity index (χ0n) is 4.66. The molecule has 0 aromatic carbocycles. The van der Waals surface area contributed by atoms with Crippen molar-refractivity contribution in [3.8, 4) is 0 Å². The number of nitrogens with zero attached hydrogens (tertiary/aromatic N) is 1. The van der Waals surface area contributed by atoms with Crippen LogP contribution in [0.4, 0.5) is 0 Å². The summed E-state index contributed by atoms with van der Waals surface area (Å²) in [6, 6.07) is 5.07. The molecule has 9 heavy (non-hydrogen) atoms. The van der Waals surface area contributed by atoms with E-state index in [1.165, 1.54) is 10.6 Å². The highest BCUT2D eigenvalue weighted by atomic mass is 16.1. The molecule has 0 saturated carbocycles. The molecule has 0 fully saturated rings. The molecule has 1 heterocycles. The van der Waals surface area contributed by atoms with E-state index in [0.29, 0.717) is 0 Å². The highest BCUT2D eigenvalue weighted by molar-refractivity contribution is 4.91. The first kappa shape index (κ1) is 7.95. The van der Waals surface area contributed by atoms with Crippen molar-refractivity contribution in [3.05, 3.63) is 34.7 Å². The van der Waals surface area contributed by atoms with E-state index in [2.05, 4.69) is 0 Å². The molecule has 0 N–H and O–H groups in total. The minimum atomic E-state index is 0. The van der Waals surface area contributed by atoms with Crippen LogP contribution in [0.3, 0.4) is 0 Å². The van der Waals surface area contributed by atoms with Gasteiger partial charge in [-0.3, -0.25) is 4.79 Å². The van der Waals surface area contributed by atoms with Crippen LogP contribution in [0.2, 0.25) is 0 Å². The van der Waals surface area contributed by atoms with Crippen LogP contribution < -0.4 is 5.56 Å². The summed E-state index contributed by atoms with van der Waals surface area (Å²) in [6.45, 7) is 0. The molecule has 0 unspecified atom stereocenters. The highest BCUT2D eigenvalue weighted by Crippen LogP contribution is 1.73. The van der Waals surface area contributed by atoms with E-state index in [-0.39, 0.29) is 13.0 Å². The second kappa shape index (κ2) is 3.07. The number of aromatic nitrogens is 1. The maximum absolute atomic E-state index is 10.6. The molecule has 0 aliphatic carbocycles. The fourth-order valence-electron chi connectivity index (χ4n) is 0.508. The van der Waals surface area contributed by atoms with Crippen LogP contribution in [0.15, 0.2) is 29.2 Å². The minimum Gasteiger partial charge on any atom is -0.319 e. The molecule has 0 radical (unpaired) electrons. The van der Waals surface area contributed by atoms with Gasteiger partial charge in [0.25, 0.3) is 0 Å². The fraction of sp³-hybridized carbons (Fsp3) is 0.286. The number of aryl methyl sites for hydroxylation is 1. The average molecular weight is 125 g/mol. The summed E-state index contributed by atoms with van der Waals surface area (Å²) in [5, 5.41) is 0. The molecule has 1 aromatic heterocycles. The molecule has 2 heteroatoms. The Kier molecular flexibility index (Phi) is 2.71. The van der Waals surface area contributed by atoms with Gasteiger partial charge in [-0.1, -0.05) is 13.5 Å². The number of pyridine rings is 1. The lowest BCUT2D eigenvalue weighted by Crippen LogP contribution is -2.12. The molecule has 50 valence electrons. The quantitative estimate of drug-likeness (QED) is 0.507. The lowest BCUT2D eigenvalue weighted by Gasteiger charge is -1.89. The van der Waals surface area contributed by atoms with Crippen LogP contribution in [0, 0.1) is 0 Å². The molecular weight excluding hydrogens is 114 g/mol. The van der Waals surface area contributed by atoms with Crippen molar-refractivity contribution >= 4 is 0 Å². The van der Waals surface area contributed by atoms with E-state index in [1.807, 2.05) is 6.07 Å². The van der Waals surface area contributed by atoms with Crippen molar-refractivity contribution < 1.29 is 0 Å². The van der Waals surface area contributed by atoms with Crippen LogP contribution in [-0.4, -0.2) is 4.57 Å². The van der Waals surface area contributed by atoms with E-state index in [0.717, 1.165) is 0 Å². The molecule has 0 atom stereocenters. The molecule has 0 aliphatic rings. The van der Waals surface area contributed by atoms with Gasteiger partial charge in [-0.25, -0.2) is 0 Å². The van der Waals surface area contributed by atoms with Gasteiger partial charge in [0.15, 0.2) is 0 Å². The predicted octanol–water partition coefficient (Wildman–Crippen LogP) is 1.02. The summed E-state index contributed by atoms with van der Waals surface area (Å²) >= 11 is 0. The largest absolute Gasteiger partial charge is 0.319 e. The van der Waals surface area contributed by atoms with Crippen molar-refractivity contribution in [2.45, 2.75) is 7.43 Å². The Morgan fingerprint density at radius 2 is 2.11 bits per heavy atom. The zero-order chi connectivity index (χ0) is 5.98. The van der Waals surface area contributed by atoms with Crippen molar-refractivity contribution in [2.24, 2.45) is 7.05 Å². The predicted molar refractivity (Wildman–Crippen MR) is 38.4 cm³/mol. The second-order valence-corrected chi connectivity index (χ2v) is 1.65. The number of hydrogen-bond donors (Lipinski definition) is 0. The summed E-state index contributed by atoms with van der Waals surface area (Å²) in [7, 11) is 1.72. The van der Waals surface area contributed by atoms with Gasteiger partial charge < -0.3 is 4.57 Å². The van der Waals surface area contributed by atoms with Crippen molar-refractivity contribution in [3.63, 3.8) is 0 Å². The Balaban J connectivity index is 0.000000640. The third kappa shape index (κ3) is 1.72. The Labute approximate surface area is 54.8 Å². The van der Waals surface area contributed by atoms with Gasteiger partial charge in [-0.15, -0.1) is 0 Å². The van der Waals surface area contributed by atoms with Crippen molar-refractivity contribution in [1.29, 1.82) is 0 Å². The van der Waals surface area contributed by atoms with Gasteiger partial charge in [0.05, 0.1) is 0 Å². The Morgan fingerprint density at radius 1 is 1.44 bits per heavy atom. The first-order chi connectivity index (χ1) is 3.80. The smallest absolute Gasteiger partial charge is 0.250 e. The SMILES string of the molecule is C.Cn1ccccc1=O. The monoisotopic (exact) mass is 125 g/mol. The third-order valence-electron chi connectivity index (χ3n) is 1.01. The van der Waals surface area contributed by atoms with E-state index in [9.17, 15) is 4.79 Å². The second-order valence-electron chi connectivity index (χ2n) is 1.65. The molecular formula is C7H11NO. The van der Waals surface area contributed by atoms with E-state index < -0.39 is 0 Å². The van der Waals surface area contributed by atoms with Gasteiger partial charge in [-0.05, 0) is 6.07 Å². The average Bonchev–Trinajstić information content (AvgIpc) is 1.77. The lowest BCUT2D eigenvalue weighted by molar-refractivity contribution is 0.860. The zero-order valence-corrected chi connectivity index (χ0v) is 4.66. The fourth-order valence-corrected chi connectivity index (χ4v) is 0.508. The summed E-state index contributed by atoms with van der Waals surface area (Å²) in [4.78, 5) is 10.6. The normalized spacial score (nSPS) is 8.11. The van der Waals surface area contributed by atoms with Gasteiger partial charge in [0.1, 0.15) is 0 Å². The van der Waals surface area contributed by atoms with Crippen molar-refractivity contribution in [2.75, 3.05) is 0 Å². The van der Waals surface area contributed by atoms with E-state index >= 15 is 0 Å². The summed E-state index contributed by atoms with van der Waals surface area (Å²) in [5.41, 5.74) is 0.0347. The van der Waals surface area contributed by atoms with Gasteiger partial charge in [0.2, 0.25) is 5.56 Å². The van der Waals surface area contributed by atoms with Gasteiger partial charge in [-0.2, -0.15) is 0 Å². The molecule has 0 amide bonds. The molecule has 2 nitrogen and oxygen atoms in total. The first-order valence-electron chi connectivity index (χ1n) is 2.42. The van der Waals surface area contributed by atoms with Crippen LogP contribution in [-0.2, 0) is 7.05 Å². The maximum atomic E-state index is 10.6. The van der Waals surface area contributed by atoms with Crippen LogP contribution >= 0.6 is 0 Å². The van der Waals surface area contributed by atoms with Crippen LogP contribution in [0.25, 0.3) is 0 Å². The maximum Gasteiger partial charge on any atom is 0.250 e. The molecule has 1 rings (SSSR count). The summed E-state index contributed by atoms with van der Waals surface area (Å²) in [5.74, 6) is 0.